The van der Waals surface area contributed by atoms with Gasteiger partial charge in [-0.05, 0) is 48.9 Å². The summed E-state index contributed by atoms with van der Waals surface area (Å²) in [4.78, 5) is 19.1. The monoisotopic (exact) mass is 425 g/mol. The summed E-state index contributed by atoms with van der Waals surface area (Å²) < 4.78 is 33.3. The molecule has 1 aliphatic rings. The Balaban J connectivity index is 1.54. The van der Waals surface area contributed by atoms with Gasteiger partial charge in [-0.3, -0.25) is 9.78 Å². The normalized spacial score (nSPS) is 15.3. The molecule has 1 aliphatic heterocycles. The minimum atomic E-state index is -3.69. The third-order valence-electron chi connectivity index (χ3n) is 5.39. The second-order valence-corrected chi connectivity index (χ2v) is 9.11. The van der Waals surface area contributed by atoms with Gasteiger partial charge in [0.05, 0.1) is 17.5 Å². The number of fused-ring (bicyclic) bond motifs is 1. The Morgan fingerprint density at radius 1 is 1.03 bits per heavy atom. The van der Waals surface area contributed by atoms with Gasteiger partial charge in [0.25, 0.3) is 5.91 Å². The number of carbonyl (C=O) groups excluding carboxylic acids is 1. The summed E-state index contributed by atoms with van der Waals surface area (Å²) in [7, 11) is -2.14. The van der Waals surface area contributed by atoms with Crippen LogP contribution in [-0.4, -0.2) is 61.8 Å². The first-order valence-electron chi connectivity index (χ1n) is 9.69. The van der Waals surface area contributed by atoms with Crippen LogP contribution in [0.15, 0.2) is 59.6 Å². The number of aryl methyl sites for hydroxylation is 1. The zero-order valence-electron chi connectivity index (χ0n) is 16.9. The van der Waals surface area contributed by atoms with Gasteiger partial charge >= 0.3 is 0 Å². The van der Waals surface area contributed by atoms with Gasteiger partial charge in [-0.25, -0.2) is 8.42 Å². The molecule has 0 radical (unpaired) electrons. The number of hydrogen-bond donors (Lipinski definition) is 0. The predicted octanol–water partition coefficient (Wildman–Crippen LogP) is 2.70. The van der Waals surface area contributed by atoms with Crippen LogP contribution in [0.4, 0.5) is 0 Å². The molecule has 1 aromatic heterocycles. The van der Waals surface area contributed by atoms with E-state index in [-0.39, 0.29) is 23.9 Å². The molecular formula is C22H23N3O4S. The Morgan fingerprint density at radius 3 is 2.53 bits per heavy atom. The van der Waals surface area contributed by atoms with Crippen molar-refractivity contribution in [2.75, 3.05) is 33.3 Å². The number of methoxy groups -OCH3 is 1. The molecule has 0 spiro atoms. The molecule has 0 aliphatic carbocycles. The molecule has 2 aromatic carbocycles. The zero-order chi connectivity index (χ0) is 21.3. The number of ether oxygens (including phenoxy) is 1. The fraction of sp³-hybridized carbons (Fsp3) is 0.273. The zero-order valence-corrected chi connectivity index (χ0v) is 17.7. The molecule has 3 aromatic rings. The number of aromatic nitrogens is 1. The van der Waals surface area contributed by atoms with E-state index in [1.807, 2.05) is 6.92 Å². The van der Waals surface area contributed by atoms with E-state index in [0.29, 0.717) is 35.3 Å². The number of piperazine rings is 1. The quantitative estimate of drug-likeness (QED) is 0.642. The van der Waals surface area contributed by atoms with E-state index in [4.69, 9.17) is 4.74 Å². The van der Waals surface area contributed by atoms with Crippen molar-refractivity contribution in [2.24, 2.45) is 0 Å². The van der Waals surface area contributed by atoms with Crippen molar-refractivity contribution in [3.63, 3.8) is 0 Å². The number of amides is 1. The Hall–Kier alpha value is -2.97. The second kappa shape index (κ2) is 8.04. The van der Waals surface area contributed by atoms with Crippen molar-refractivity contribution in [1.29, 1.82) is 0 Å². The average molecular weight is 426 g/mol. The van der Waals surface area contributed by atoms with Crippen LogP contribution < -0.4 is 4.74 Å². The van der Waals surface area contributed by atoms with Crippen LogP contribution in [-0.2, 0) is 10.0 Å². The third-order valence-corrected chi connectivity index (χ3v) is 7.35. The van der Waals surface area contributed by atoms with Crippen LogP contribution in [0.5, 0.6) is 5.75 Å². The van der Waals surface area contributed by atoms with E-state index in [1.165, 1.54) is 4.31 Å². The fourth-order valence-corrected chi connectivity index (χ4v) is 5.33. The van der Waals surface area contributed by atoms with Crippen LogP contribution in [0.2, 0.25) is 0 Å². The van der Waals surface area contributed by atoms with Gasteiger partial charge in [0.2, 0.25) is 10.0 Å². The van der Waals surface area contributed by atoms with E-state index in [1.54, 1.807) is 66.7 Å². The summed E-state index contributed by atoms with van der Waals surface area (Å²) in [5.41, 5.74) is 2.14. The molecular weight excluding hydrogens is 402 g/mol. The van der Waals surface area contributed by atoms with Gasteiger partial charge in [0.15, 0.2) is 0 Å². The summed E-state index contributed by atoms with van der Waals surface area (Å²) in [6.45, 7) is 3.06. The average Bonchev–Trinajstić information content (AvgIpc) is 2.79. The molecule has 1 amide bonds. The molecule has 0 unspecified atom stereocenters. The van der Waals surface area contributed by atoms with Gasteiger partial charge in [-0.1, -0.05) is 12.1 Å². The van der Waals surface area contributed by atoms with Crippen molar-refractivity contribution in [3.8, 4) is 5.75 Å². The molecule has 1 fully saturated rings. The number of nitrogens with zero attached hydrogens (tertiary/aromatic N) is 3. The lowest BCUT2D eigenvalue weighted by Crippen LogP contribution is -2.50. The van der Waals surface area contributed by atoms with Crippen LogP contribution in [0, 0.1) is 6.92 Å². The van der Waals surface area contributed by atoms with E-state index in [2.05, 4.69) is 4.98 Å². The highest BCUT2D eigenvalue weighted by Gasteiger charge is 2.31. The van der Waals surface area contributed by atoms with Gasteiger partial charge in [0.1, 0.15) is 5.75 Å². The molecule has 156 valence electrons. The molecule has 0 saturated carbocycles. The van der Waals surface area contributed by atoms with Crippen LogP contribution in [0.1, 0.15) is 15.9 Å². The summed E-state index contributed by atoms with van der Waals surface area (Å²) in [5, 5.41) is 0.618. The van der Waals surface area contributed by atoms with Gasteiger partial charge < -0.3 is 9.64 Å². The summed E-state index contributed by atoms with van der Waals surface area (Å²) in [6.07, 6.45) is 1.66. The number of carbonyl (C=O) groups is 1. The SMILES string of the molecule is COc1cccc(C(=O)N2CCN(S(=O)(=O)c3ccc(C)c4ncccc34)CC2)c1. The Bertz CT molecular complexity index is 1200. The minimum Gasteiger partial charge on any atom is -0.497 e. The van der Waals surface area contributed by atoms with Crippen LogP contribution in [0.3, 0.4) is 0 Å². The largest absolute Gasteiger partial charge is 0.497 e. The fourth-order valence-electron chi connectivity index (χ4n) is 3.72. The Morgan fingerprint density at radius 2 is 1.80 bits per heavy atom. The molecule has 1 saturated heterocycles. The van der Waals surface area contributed by atoms with E-state index >= 15 is 0 Å². The summed E-state index contributed by atoms with van der Waals surface area (Å²) in [6, 6.07) is 13.9. The van der Waals surface area contributed by atoms with Crippen molar-refractivity contribution < 1.29 is 17.9 Å². The van der Waals surface area contributed by atoms with E-state index < -0.39 is 10.0 Å². The summed E-state index contributed by atoms with van der Waals surface area (Å²) >= 11 is 0. The maximum Gasteiger partial charge on any atom is 0.254 e. The number of hydrogen-bond acceptors (Lipinski definition) is 5. The third kappa shape index (κ3) is 3.64. The lowest BCUT2D eigenvalue weighted by atomic mass is 10.1. The van der Waals surface area contributed by atoms with Crippen molar-refractivity contribution >= 4 is 26.8 Å². The maximum absolute atomic E-state index is 13.3. The molecule has 4 rings (SSSR count). The topological polar surface area (TPSA) is 79.8 Å². The predicted molar refractivity (Wildman–Crippen MR) is 114 cm³/mol. The number of pyridine rings is 1. The lowest BCUT2D eigenvalue weighted by Gasteiger charge is -2.34. The van der Waals surface area contributed by atoms with Crippen molar-refractivity contribution in [1.82, 2.24) is 14.2 Å². The highest BCUT2D eigenvalue weighted by molar-refractivity contribution is 7.89. The smallest absolute Gasteiger partial charge is 0.254 e. The van der Waals surface area contributed by atoms with Crippen molar-refractivity contribution in [3.05, 3.63) is 65.9 Å². The first-order chi connectivity index (χ1) is 14.4. The molecule has 30 heavy (non-hydrogen) atoms. The minimum absolute atomic E-state index is 0.129. The lowest BCUT2D eigenvalue weighted by molar-refractivity contribution is 0.0697. The highest BCUT2D eigenvalue weighted by Crippen LogP contribution is 2.27. The van der Waals surface area contributed by atoms with E-state index in [9.17, 15) is 13.2 Å². The van der Waals surface area contributed by atoms with Crippen molar-refractivity contribution in [2.45, 2.75) is 11.8 Å². The highest BCUT2D eigenvalue weighted by atomic mass is 32.2. The van der Waals surface area contributed by atoms with Crippen LogP contribution in [0.25, 0.3) is 10.9 Å². The molecule has 8 heteroatoms. The Kier molecular flexibility index (Phi) is 5.44. The number of benzene rings is 2. The first-order valence-corrected chi connectivity index (χ1v) is 11.1. The first kappa shape index (κ1) is 20.3. The van der Waals surface area contributed by atoms with Gasteiger partial charge in [-0.2, -0.15) is 4.31 Å². The molecule has 0 bridgehead atoms. The summed E-state index contributed by atoms with van der Waals surface area (Å²) in [5.74, 6) is 0.484. The molecule has 2 heterocycles. The standard InChI is InChI=1S/C22H23N3O4S/c1-16-8-9-20(19-7-4-10-23-21(16)19)30(27,28)25-13-11-24(12-14-25)22(26)17-5-3-6-18(15-17)29-2/h3-10,15H,11-14H2,1-2H3. The number of rotatable bonds is 4. The van der Waals surface area contributed by atoms with E-state index in [0.717, 1.165) is 5.56 Å². The maximum atomic E-state index is 13.3. The van der Waals surface area contributed by atoms with Gasteiger partial charge in [0, 0.05) is 43.3 Å². The van der Waals surface area contributed by atoms with Gasteiger partial charge in [-0.15, -0.1) is 0 Å². The van der Waals surface area contributed by atoms with Crippen LogP contribution >= 0.6 is 0 Å². The molecule has 7 nitrogen and oxygen atoms in total. The molecule has 0 atom stereocenters. The molecule has 0 N–H and O–H groups in total. The Labute approximate surface area is 175 Å². The second-order valence-electron chi connectivity index (χ2n) is 7.21. The number of sulfonamides is 1.